The zero-order chi connectivity index (χ0) is 22.4. The van der Waals surface area contributed by atoms with Crippen LogP contribution in [0.15, 0.2) is 36.4 Å². The van der Waals surface area contributed by atoms with E-state index in [-0.39, 0.29) is 0 Å². The summed E-state index contributed by atoms with van der Waals surface area (Å²) in [6.45, 7) is 4.49. The molecule has 2 aliphatic carbocycles. The van der Waals surface area contributed by atoms with Crippen molar-refractivity contribution in [1.82, 2.24) is 0 Å². The van der Waals surface area contributed by atoms with E-state index in [1.54, 1.807) is 0 Å². The fourth-order valence-electron chi connectivity index (χ4n) is 6.48. The largest absolute Gasteiger partial charge is 0.456 e. The summed E-state index contributed by atoms with van der Waals surface area (Å²) in [5.41, 5.74) is 5.41. The number of fused-ring (bicyclic) bond motifs is 2. The fourth-order valence-corrected chi connectivity index (χ4v) is 6.48. The lowest BCUT2D eigenvalue weighted by Gasteiger charge is -2.25. The third kappa shape index (κ3) is 4.59. The number of aryl methyl sites for hydroxylation is 2. The second-order valence-electron chi connectivity index (χ2n) is 10.8. The first kappa shape index (κ1) is 21.7. The van der Waals surface area contributed by atoms with Crippen LogP contribution in [0.1, 0.15) is 74.6 Å². The van der Waals surface area contributed by atoms with E-state index in [1.165, 1.54) is 60.8 Å². The van der Waals surface area contributed by atoms with E-state index in [2.05, 4.69) is 50.2 Å². The maximum atomic E-state index is 6.98. The molecule has 6 rings (SSSR count). The molecule has 4 fully saturated rings. The number of hydrogen-bond acceptors (Lipinski definition) is 3. The molecule has 33 heavy (non-hydrogen) atoms. The molecule has 6 atom stereocenters. The molecule has 0 bridgehead atoms. The zero-order valence-electron chi connectivity index (χ0n) is 20.2. The Kier molecular flexibility index (Phi) is 5.96. The third-order valence-electron chi connectivity index (χ3n) is 8.56. The maximum Gasteiger partial charge on any atom is 0.133 e. The molecule has 0 amide bonds. The lowest BCUT2D eigenvalue weighted by atomic mass is 9.84. The number of rotatable bonds is 8. The number of benzene rings is 2. The number of epoxide rings is 2. The molecule has 3 heteroatoms. The van der Waals surface area contributed by atoms with E-state index in [1.807, 2.05) is 0 Å². The van der Waals surface area contributed by atoms with Crippen molar-refractivity contribution in [2.24, 2.45) is 11.8 Å². The van der Waals surface area contributed by atoms with Crippen molar-refractivity contribution in [1.29, 1.82) is 0 Å². The first-order chi connectivity index (χ1) is 16.2. The smallest absolute Gasteiger partial charge is 0.133 e. The first-order valence-corrected chi connectivity index (χ1v) is 13.4. The minimum atomic E-state index is 0.528. The Hall–Kier alpha value is -1.84. The van der Waals surface area contributed by atoms with Gasteiger partial charge in [-0.1, -0.05) is 50.2 Å². The number of ether oxygens (including phenoxy) is 3. The van der Waals surface area contributed by atoms with Gasteiger partial charge < -0.3 is 14.2 Å². The van der Waals surface area contributed by atoms with Gasteiger partial charge in [0.1, 0.15) is 11.5 Å². The molecule has 2 saturated carbocycles. The average Bonchev–Trinajstić information content (AvgIpc) is 3.75. The lowest BCUT2D eigenvalue weighted by molar-refractivity contribution is 0.356. The Labute approximate surface area is 198 Å². The van der Waals surface area contributed by atoms with Gasteiger partial charge in [0.25, 0.3) is 0 Å². The van der Waals surface area contributed by atoms with Crippen LogP contribution in [0.5, 0.6) is 11.5 Å². The average molecular weight is 447 g/mol. The molecule has 4 aliphatic rings. The number of para-hydroxylation sites is 2. The molecule has 3 nitrogen and oxygen atoms in total. The summed E-state index contributed by atoms with van der Waals surface area (Å²) in [5, 5.41) is 0. The van der Waals surface area contributed by atoms with Gasteiger partial charge in [-0.25, -0.2) is 0 Å². The Morgan fingerprint density at radius 3 is 1.52 bits per heavy atom. The van der Waals surface area contributed by atoms with Gasteiger partial charge in [-0.15, -0.1) is 0 Å². The van der Waals surface area contributed by atoms with Gasteiger partial charge in [-0.3, -0.25) is 0 Å². The molecule has 2 aliphatic heterocycles. The predicted molar refractivity (Wildman–Crippen MR) is 131 cm³/mol. The monoisotopic (exact) mass is 446 g/mol. The van der Waals surface area contributed by atoms with E-state index >= 15 is 0 Å². The molecule has 0 aromatic heterocycles. The quantitative estimate of drug-likeness (QED) is 0.417. The van der Waals surface area contributed by atoms with E-state index in [0.717, 1.165) is 37.2 Å². The van der Waals surface area contributed by atoms with Gasteiger partial charge >= 0.3 is 0 Å². The maximum absolute atomic E-state index is 6.98. The second kappa shape index (κ2) is 9.07. The Morgan fingerprint density at radius 2 is 1.09 bits per heavy atom. The van der Waals surface area contributed by atoms with Crippen LogP contribution in [0.25, 0.3) is 0 Å². The molecular weight excluding hydrogens is 408 g/mol. The van der Waals surface area contributed by atoms with Crippen molar-refractivity contribution >= 4 is 0 Å². The summed E-state index contributed by atoms with van der Waals surface area (Å²) in [6.07, 6.45) is 13.8. The molecule has 2 heterocycles. The SMILES string of the molecule is CCc1cccc(CC2CCC3OC3C2)c1Oc1c(CC)cccc1CC1CCC2OC2C1. The van der Waals surface area contributed by atoms with Gasteiger partial charge in [0.2, 0.25) is 0 Å². The van der Waals surface area contributed by atoms with Crippen molar-refractivity contribution < 1.29 is 14.2 Å². The summed E-state index contributed by atoms with van der Waals surface area (Å²) in [5.74, 6) is 3.65. The first-order valence-electron chi connectivity index (χ1n) is 13.4. The van der Waals surface area contributed by atoms with Crippen molar-refractivity contribution in [3.63, 3.8) is 0 Å². The van der Waals surface area contributed by atoms with Crippen LogP contribution in [0.4, 0.5) is 0 Å². The highest BCUT2D eigenvalue weighted by Crippen LogP contribution is 2.44. The van der Waals surface area contributed by atoms with Gasteiger partial charge in [-0.2, -0.15) is 0 Å². The van der Waals surface area contributed by atoms with Crippen molar-refractivity contribution in [2.75, 3.05) is 0 Å². The normalized spacial score (nSPS) is 32.1. The Balaban J connectivity index is 1.28. The molecule has 2 aromatic rings. The van der Waals surface area contributed by atoms with E-state index in [4.69, 9.17) is 14.2 Å². The van der Waals surface area contributed by atoms with Gasteiger partial charge in [0, 0.05) is 0 Å². The second-order valence-corrected chi connectivity index (χ2v) is 10.8. The molecule has 6 unspecified atom stereocenters. The van der Waals surface area contributed by atoms with Crippen molar-refractivity contribution in [2.45, 2.75) is 102 Å². The number of hydrogen-bond donors (Lipinski definition) is 0. The predicted octanol–water partition coefficient (Wildman–Crippen LogP) is 6.82. The molecule has 0 radical (unpaired) electrons. The van der Waals surface area contributed by atoms with Crippen LogP contribution >= 0.6 is 0 Å². The molecule has 176 valence electrons. The highest BCUT2D eigenvalue weighted by molar-refractivity contribution is 5.50. The molecule has 2 aromatic carbocycles. The van der Waals surface area contributed by atoms with Gasteiger partial charge in [0.15, 0.2) is 0 Å². The molecule has 0 N–H and O–H groups in total. The standard InChI is InChI=1S/C30H38O3/c1-3-21-7-5-9-23(15-19-11-13-25-27(17-19)31-25)29(21)33-30-22(4-2)8-6-10-24(30)16-20-12-14-26-28(18-20)32-26/h5-10,19-20,25-28H,3-4,11-18H2,1-2H3. The molecule has 2 saturated heterocycles. The summed E-state index contributed by atoms with van der Waals surface area (Å²) in [6, 6.07) is 13.5. The van der Waals surface area contributed by atoms with Crippen LogP contribution in [0.2, 0.25) is 0 Å². The van der Waals surface area contributed by atoms with Crippen LogP contribution < -0.4 is 4.74 Å². The highest BCUT2D eigenvalue weighted by Gasteiger charge is 2.44. The van der Waals surface area contributed by atoms with Crippen molar-refractivity contribution in [3.05, 3.63) is 58.7 Å². The van der Waals surface area contributed by atoms with Crippen molar-refractivity contribution in [3.8, 4) is 11.5 Å². The third-order valence-corrected chi connectivity index (χ3v) is 8.56. The lowest BCUT2D eigenvalue weighted by Crippen LogP contribution is -2.17. The minimum Gasteiger partial charge on any atom is -0.456 e. The minimum absolute atomic E-state index is 0.528. The Bertz CT molecular complexity index is 919. The zero-order valence-corrected chi connectivity index (χ0v) is 20.2. The van der Waals surface area contributed by atoms with Crippen LogP contribution in [-0.4, -0.2) is 24.4 Å². The summed E-state index contributed by atoms with van der Waals surface area (Å²) in [7, 11) is 0. The summed E-state index contributed by atoms with van der Waals surface area (Å²) in [4.78, 5) is 0. The topological polar surface area (TPSA) is 34.3 Å². The Morgan fingerprint density at radius 1 is 0.636 bits per heavy atom. The molecular formula is C30H38O3. The van der Waals surface area contributed by atoms with Crippen LogP contribution in [0, 0.1) is 11.8 Å². The van der Waals surface area contributed by atoms with Crippen LogP contribution in [0.3, 0.4) is 0 Å². The van der Waals surface area contributed by atoms with E-state index in [0.29, 0.717) is 36.3 Å². The van der Waals surface area contributed by atoms with Gasteiger partial charge in [-0.05, 0) is 98.3 Å². The van der Waals surface area contributed by atoms with Crippen LogP contribution in [-0.2, 0) is 35.2 Å². The van der Waals surface area contributed by atoms with E-state index in [9.17, 15) is 0 Å². The van der Waals surface area contributed by atoms with Gasteiger partial charge in [0.05, 0.1) is 24.4 Å². The fraction of sp³-hybridized carbons (Fsp3) is 0.600. The highest BCUT2D eigenvalue weighted by atomic mass is 16.6. The summed E-state index contributed by atoms with van der Waals surface area (Å²) >= 11 is 0. The molecule has 0 spiro atoms. The van der Waals surface area contributed by atoms with E-state index < -0.39 is 0 Å². The summed E-state index contributed by atoms with van der Waals surface area (Å²) < 4.78 is 18.6.